The van der Waals surface area contributed by atoms with E-state index in [1.165, 1.54) is 51.5 Å². The molecule has 0 amide bonds. The highest BCUT2D eigenvalue weighted by atomic mass is 16.5. The Labute approximate surface area is 100 Å². The maximum absolute atomic E-state index is 5.67. The van der Waals surface area contributed by atoms with Crippen molar-refractivity contribution in [2.45, 2.75) is 58.0 Å². The molecule has 2 heteroatoms. The van der Waals surface area contributed by atoms with Crippen molar-refractivity contribution in [3.63, 3.8) is 0 Å². The molecule has 1 aliphatic carbocycles. The van der Waals surface area contributed by atoms with Crippen molar-refractivity contribution in [3.05, 3.63) is 0 Å². The highest BCUT2D eigenvalue weighted by Gasteiger charge is 2.29. The third-order valence-electron chi connectivity index (χ3n) is 4.36. The Balaban J connectivity index is 1.52. The van der Waals surface area contributed by atoms with Gasteiger partial charge in [0.25, 0.3) is 0 Å². The highest BCUT2D eigenvalue weighted by molar-refractivity contribution is 4.82. The number of hydrogen-bond acceptors (Lipinski definition) is 2. The molecule has 16 heavy (non-hydrogen) atoms. The number of nitrogens with one attached hydrogen (secondary N) is 1. The summed E-state index contributed by atoms with van der Waals surface area (Å²) in [5, 5.41) is 3.49. The molecule has 0 radical (unpaired) electrons. The largest absolute Gasteiger partial charge is 0.378 e. The van der Waals surface area contributed by atoms with Crippen LogP contribution in [0.1, 0.15) is 51.9 Å². The van der Waals surface area contributed by atoms with Gasteiger partial charge in [-0.2, -0.15) is 0 Å². The van der Waals surface area contributed by atoms with Gasteiger partial charge in [0, 0.05) is 6.61 Å². The molecular formula is C14H27NO. The van der Waals surface area contributed by atoms with Gasteiger partial charge < -0.3 is 10.1 Å². The van der Waals surface area contributed by atoms with E-state index in [0.717, 1.165) is 25.0 Å². The highest BCUT2D eigenvalue weighted by Crippen LogP contribution is 2.37. The second-order valence-corrected chi connectivity index (χ2v) is 5.47. The number of ether oxygens (including phenoxy) is 1. The Morgan fingerprint density at radius 2 is 2.00 bits per heavy atom. The topological polar surface area (TPSA) is 21.3 Å². The maximum atomic E-state index is 5.67. The van der Waals surface area contributed by atoms with E-state index < -0.39 is 0 Å². The zero-order valence-corrected chi connectivity index (χ0v) is 10.7. The van der Waals surface area contributed by atoms with Gasteiger partial charge in [0.2, 0.25) is 0 Å². The lowest BCUT2D eigenvalue weighted by Crippen LogP contribution is -2.35. The van der Waals surface area contributed by atoms with E-state index in [-0.39, 0.29) is 0 Å². The van der Waals surface area contributed by atoms with E-state index in [1.54, 1.807) is 0 Å². The lowest BCUT2D eigenvalue weighted by atomic mass is 9.71. The maximum Gasteiger partial charge on any atom is 0.0576 e. The van der Waals surface area contributed by atoms with E-state index in [4.69, 9.17) is 4.74 Å². The molecule has 2 nitrogen and oxygen atoms in total. The zero-order valence-electron chi connectivity index (χ0n) is 10.7. The minimum Gasteiger partial charge on any atom is -0.378 e. The molecule has 0 spiro atoms. The van der Waals surface area contributed by atoms with Crippen LogP contribution >= 0.6 is 0 Å². The molecule has 0 aromatic carbocycles. The van der Waals surface area contributed by atoms with Crippen LogP contribution in [0.2, 0.25) is 0 Å². The minimum atomic E-state index is 0.604. The van der Waals surface area contributed by atoms with Crippen molar-refractivity contribution in [3.8, 4) is 0 Å². The lowest BCUT2D eigenvalue weighted by Gasteiger charge is -2.37. The molecule has 1 saturated carbocycles. The average Bonchev–Trinajstić information content (AvgIpc) is 2.76. The summed E-state index contributed by atoms with van der Waals surface area (Å²) in [7, 11) is 0. The first-order valence-corrected chi connectivity index (χ1v) is 7.22. The quantitative estimate of drug-likeness (QED) is 0.719. The van der Waals surface area contributed by atoms with Crippen molar-refractivity contribution < 1.29 is 4.74 Å². The van der Waals surface area contributed by atoms with Crippen molar-refractivity contribution in [2.24, 2.45) is 11.8 Å². The van der Waals surface area contributed by atoms with Crippen molar-refractivity contribution >= 4 is 0 Å². The summed E-state index contributed by atoms with van der Waals surface area (Å²) in [6, 6.07) is 0. The van der Waals surface area contributed by atoms with E-state index >= 15 is 0 Å². The van der Waals surface area contributed by atoms with Crippen LogP contribution in [0.4, 0.5) is 0 Å². The molecule has 3 atom stereocenters. The fraction of sp³-hybridized carbons (Fsp3) is 1.00. The van der Waals surface area contributed by atoms with Crippen molar-refractivity contribution in [1.82, 2.24) is 5.32 Å². The lowest BCUT2D eigenvalue weighted by molar-refractivity contribution is 0.0935. The SMILES string of the molecule is CCNCC1CCC1CCCC1CCCO1. The molecule has 2 rings (SSSR count). The van der Waals surface area contributed by atoms with Gasteiger partial charge in [0.15, 0.2) is 0 Å². The van der Waals surface area contributed by atoms with Crippen LogP contribution in [0.15, 0.2) is 0 Å². The van der Waals surface area contributed by atoms with Crippen LogP contribution in [0.5, 0.6) is 0 Å². The van der Waals surface area contributed by atoms with Gasteiger partial charge in [-0.15, -0.1) is 0 Å². The summed E-state index contributed by atoms with van der Waals surface area (Å²) in [5.74, 6) is 1.99. The summed E-state index contributed by atoms with van der Waals surface area (Å²) < 4.78 is 5.67. The third-order valence-corrected chi connectivity index (χ3v) is 4.36. The normalized spacial score (nSPS) is 33.9. The average molecular weight is 225 g/mol. The Morgan fingerprint density at radius 1 is 1.12 bits per heavy atom. The van der Waals surface area contributed by atoms with Gasteiger partial charge in [-0.3, -0.25) is 0 Å². The molecule has 2 aliphatic rings. The Kier molecular flexibility index (Phi) is 5.11. The molecule has 3 unspecified atom stereocenters. The second-order valence-electron chi connectivity index (χ2n) is 5.47. The van der Waals surface area contributed by atoms with Crippen LogP contribution in [0.3, 0.4) is 0 Å². The molecule has 1 heterocycles. The Bertz CT molecular complexity index is 189. The van der Waals surface area contributed by atoms with E-state index in [9.17, 15) is 0 Å². The molecule has 0 bridgehead atoms. The van der Waals surface area contributed by atoms with Gasteiger partial charge in [-0.1, -0.05) is 19.8 Å². The van der Waals surface area contributed by atoms with Crippen LogP contribution in [0, 0.1) is 11.8 Å². The van der Waals surface area contributed by atoms with Gasteiger partial charge in [0.1, 0.15) is 0 Å². The first kappa shape index (κ1) is 12.4. The first-order valence-electron chi connectivity index (χ1n) is 7.22. The van der Waals surface area contributed by atoms with Gasteiger partial charge in [-0.25, -0.2) is 0 Å². The minimum absolute atomic E-state index is 0.604. The van der Waals surface area contributed by atoms with E-state index in [1.807, 2.05) is 0 Å². The Hall–Kier alpha value is -0.0800. The summed E-state index contributed by atoms with van der Waals surface area (Å²) in [6.07, 6.45) is 10.3. The molecule has 1 aliphatic heterocycles. The molecule has 94 valence electrons. The number of hydrogen-bond donors (Lipinski definition) is 1. The van der Waals surface area contributed by atoms with E-state index in [0.29, 0.717) is 6.10 Å². The van der Waals surface area contributed by atoms with Crippen LogP contribution in [-0.4, -0.2) is 25.8 Å². The smallest absolute Gasteiger partial charge is 0.0576 e. The molecule has 1 saturated heterocycles. The van der Waals surface area contributed by atoms with Crippen LogP contribution < -0.4 is 5.32 Å². The predicted octanol–water partition coefficient (Wildman–Crippen LogP) is 2.97. The fourth-order valence-electron chi connectivity index (χ4n) is 3.10. The number of rotatable bonds is 7. The van der Waals surface area contributed by atoms with Gasteiger partial charge in [0.05, 0.1) is 6.10 Å². The van der Waals surface area contributed by atoms with E-state index in [2.05, 4.69) is 12.2 Å². The molecule has 2 fully saturated rings. The zero-order chi connectivity index (χ0) is 11.2. The monoisotopic (exact) mass is 225 g/mol. The summed E-state index contributed by atoms with van der Waals surface area (Å²) in [5.41, 5.74) is 0. The van der Waals surface area contributed by atoms with Gasteiger partial charge >= 0.3 is 0 Å². The van der Waals surface area contributed by atoms with Gasteiger partial charge in [-0.05, 0) is 57.0 Å². The standard InChI is InChI=1S/C14H27NO/c1-2-15-11-13-9-8-12(13)5-3-6-14-7-4-10-16-14/h12-15H,2-11H2,1H3. The molecule has 0 aromatic rings. The molecular weight excluding hydrogens is 198 g/mol. The molecule has 0 aromatic heterocycles. The molecule has 1 N–H and O–H groups in total. The van der Waals surface area contributed by atoms with Crippen LogP contribution in [-0.2, 0) is 4.74 Å². The summed E-state index contributed by atoms with van der Waals surface area (Å²) >= 11 is 0. The summed E-state index contributed by atoms with van der Waals surface area (Å²) in [6.45, 7) is 5.59. The second kappa shape index (κ2) is 6.61. The first-order chi connectivity index (χ1) is 7.90. The third kappa shape index (κ3) is 3.46. The van der Waals surface area contributed by atoms with Crippen molar-refractivity contribution in [1.29, 1.82) is 0 Å². The van der Waals surface area contributed by atoms with Crippen molar-refractivity contribution in [2.75, 3.05) is 19.7 Å². The summed E-state index contributed by atoms with van der Waals surface area (Å²) in [4.78, 5) is 0. The fourth-order valence-corrected chi connectivity index (χ4v) is 3.10. The Morgan fingerprint density at radius 3 is 2.62 bits per heavy atom. The predicted molar refractivity (Wildman–Crippen MR) is 67.6 cm³/mol. The van der Waals surface area contributed by atoms with Crippen LogP contribution in [0.25, 0.3) is 0 Å².